The highest BCUT2D eigenvalue weighted by molar-refractivity contribution is 14.1. The third-order valence-corrected chi connectivity index (χ3v) is 17.1. The Balaban J connectivity index is 0.000000133. The zero-order chi connectivity index (χ0) is 57.9. The molecule has 0 radical (unpaired) electrons. The quantitative estimate of drug-likeness (QED) is 0.0900. The van der Waals surface area contributed by atoms with Crippen LogP contribution in [0.15, 0.2) is 304 Å². The first-order valence-electron chi connectivity index (χ1n) is 28.7. The Bertz CT molecular complexity index is 5060. The molecule has 4 aromatic heterocycles. The van der Waals surface area contributed by atoms with Crippen molar-refractivity contribution < 1.29 is 11.5 Å². The van der Waals surface area contributed by atoms with Crippen molar-refractivity contribution in [1.29, 1.82) is 0 Å². The van der Waals surface area contributed by atoms with Crippen LogP contribution in [0.2, 0.25) is 0 Å². The Labute approximate surface area is 513 Å². The van der Waals surface area contributed by atoms with Crippen molar-refractivity contribution in [2.24, 2.45) is 0 Å². The van der Waals surface area contributed by atoms with E-state index in [1.807, 2.05) is 42.7 Å². The zero-order valence-electron chi connectivity index (χ0n) is 46.6. The van der Waals surface area contributed by atoms with Crippen LogP contribution in [-0.2, 0) is 0 Å². The lowest BCUT2D eigenvalue weighted by Crippen LogP contribution is -2.29. The van der Waals surface area contributed by atoms with E-state index in [2.05, 4.69) is 279 Å². The fourth-order valence-corrected chi connectivity index (χ4v) is 12.7. The first kappa shape index (κ1) is 53.8. The summed E-state index contributed by atoms with van der Waals surface area (Å²) in [5.74, 6) is 0. The van der Waals surface area contributed by atoms with Crippen LogP contribution in [0.25, 0.3) is 143 Å². The van der Waals surface area contributed by atoms with Gasteiger partial charge in [-0.3, -0.25) is 9.97 Å². The van der Waals surface area contributed by atoms with Gasteiger partial charge in [0.1, 0.15) is 0 Å². The second-order valence-corrected chi connectivity index (χ2v) is 22.6. The van der Waals surface area contributed by atoms with Crippen LogP contribution in [0.5, 0.6) is 0 Å². The predicted molar refractivity (Wildman–Crippen MR) is 371 cm³/mol. The number of rotatable bonds is 8. The predicted octanol–water partition coefficient (Wildman–Crippen LogP) is 19.6. The number of nitrogens with one attached hydrogen (secondary N) is 2. The van der Waals surface area contributed by atoms with Gasteiger partial charge in [0.25, 0.3) is 0 Å². The van der Waals surface area contributed by atoms with Gasteiger partial charge in [0.2, 0.25) is 0 Å². The molecule has 0 spiro atoms. The van der Waals surface area contributed by atoms with E-state index in [0.29, 0.717) is 5.46 Å². The lowest BCUT2D eigenvalue weighted by atomic mass is 9.80. The van der Waals surface area contributed by atoms with E-state index < -0.39 is 7.12 Å². The first-order chi connectivity index (χ1) is 42.4. The van der Waals surface area contributed by atoms with E-state index in [1.165, 1.54) is 130 Å². The third kappa shape index (κ3) is 10.8. The molecule has 86 heavy (non-hydrogen) atoms. The molecule has 0 atom stereocenters. The molecule has 0 saturated carbocycles. The van der Waals surface area contributed by atoms with Crippen LogP contribution in [0, 0.1) is 3.57 Å². The molecule has 410 valence electrons. The minimum Gasteiger partial charge on any atom is -0.423 e. The zero-order valence-corrected chi connectivity index (χ0v) is 48.8. The summed E-state index contributed by atoms with van der Waals surface area (Å²) in [5.41, 5.74) is 21.9. The minimum atomic E-state index is -1.41. The average molecular weight is 1220 g/mol. The van der Waals surface area contributed by atoms with Crippen LogP contribution in [0.3, 0.4) is 0 Å². The topological polar surface area (TPSA) is 97.8 Å². The lowest BCUT2D eigenvalue weighted by molar-refractivity contribution is 0.426. The highest BCUT2D eigenvalue weighted by Gasteiger charge is 2.15. The second kappa shape index (κ2) is 23.8. The van der Waals surface area contributed by atoms with E-state index in [9.17, 15) is 0 Å². The van der Waals surface area contributed by atoms with Crippen molar-refractivity contribution in [3.05, 3.63) is 307 Å². The van der Waals surface area contributed by atoms with Gasteiger partial charge in [-0.15, -0.1) is 0 Å². The summed E-state index contributed by atoms with van der Waals surface area (Å²) in [6.45, 7) is 0. The Hall–Kier alpha value is -10.2. The molecule has 16 rings (SSSR count). The molecule has 0 aliphatic heterocycles. The van der Waals surface area contributed by atoms with Crippen molar-refractivity contribution in [1.82, 2.24) is 19.9 Å². The Morgan fingerprint density at radius 2 is 0.663 bits per heavy atom. The summed E-state index contributed by atoms with van der Waals surface area (Å²) in [6, 6.07) is 98.3. The van der Waals surface area contributed by atoms with Gasteiger partial charge in [-0.05, 0) is 177 Å². The number of nitrogens with zero attached hydrogens (tertiary/aromatic N) is 2. The van der Waals surface area contributed by atoms with Crippen molar-refractivity contribution in [3.8, 4) is 77.9 Å². The van der Waals surface area contributed by atoms with Crippen LogP contribution >= 0.6 is 22.6 Å². The minimum absolute atomic E-state index is 0. The molecule has 0 saturated heterocycles. The number of halogens is 1. The van der Waals surface area contributed by atoms with Gasteiger partial charge in [0, 0.05) is 78.8 Å². The number of hydrogen-bond donors (Lipinski definition) is 4. The highest BCUT2D eigenvalue weighted by atomic mass is 127. The molecule has 12 aromatic carbocycles. The number of hydrogen-bond acceptors (Lipinski definition) is 4. The number of aromatic amines is 2. The van der Waals surface area contributed by atoms with Crippen molar-refractivity contribution in [3.63, 3.8) is 0 Å². The van der Waals surface area contributed by atoms with E-state index in [1.54, 1.807) is 24.5 Å². The largest absolute Gasteiger partial charge is 0.488 e. The van der Waals surface area contributed by atoms with Crippen LogP contribution in [-0.4, -0.2) is 37.1 Å². The van der Waals surface area contributed by atoms with E-state index in [-0.39, 0.29) is 1.43 Å². The molecule has 6 nitrogen and oxygen atoms in total. The molecular weight excluding hydrogens is 1160 g/mol. The SMILES string of the molecule is Ic1cccc2cccc(-c3ccc(-c4ccc5[nH]c6ccccc6c5c4)cc3)c12.OB(O)c1ccc(-c2cccnc2)cc1.[2HH].c1cncc(-c2ccc(-c3cccc4cccc(-c5ccc(-c6ccc7[nH]c8ccccc8c7c6)cc5)c34)cc2)c1. The molecule has 0 bridgehead atoms. The average Bonchev–Trinajstić information content (AvgIpc) is 2.73. The van der Waals surface area contributed by atoms with Crippen LogP contribution < -0.4 is 5.46 Å². The van der Waals surface area contributed by atoms with E-state index in [4.69, 9.17) is 10.0 Å². The molecule has 0 aliphatic carbocycles. The smallest absolute Gasteiger partial charge is 0.423 e. The summed E-state index contributed by atoms with van der Waals surface area (Å²) in [7, 11) is -1.41. The highest BCUT2D eigenvalue weighted by Crippen LogP contribution is 2.40. The van der Waals surface area contributed by atoms with Crippen molar-refractivity contribution >= 4 is 100 Å². The first-order valence-corrected chi connectivity index (χ1v) is 29.7. The van der Waals surface area contributed by atoms with E-state index in [0.717, 1.165) is 16.7 Å². The van der Waals surface area contributed by atoms with Crippen LogP contribution in [0.4, 0.5) is 0 Å². The maximum atomic E-state index is 8.93. The number of H-pyrrole nitrogens is 2. The lowest BCUT2D eigenvalue weighted by Gasteiger charge is -2.14. The molecule has 4 N–H and O–H groups in total. The van der Waals surface area contributed by atoms with Gasteiger partial charge in [0.05, 0.1) is 0 Å². The summed E-state index contributed by atoms with van der Waals surface area (Å²) < 4.78 is 1.29. The van der Waals surface area contributed by atoms with Crippen LogP contribution in [0.1, 0.15) is 1.43 Å². The Morgan fingerprint density at radius 1 is 0.302 bits per heavy atom. The van der Waals surface area contributed by atoms with Gasteiger partial charge < -0.3 is 20.0 Å². The normalized spacial score (nSPS) is 11.2. The fraction of sp³-hybridized carbons (Fsp3) is 0. The number of pyridine rings is 2. The molecule has 16 aromatic rings. The summed E-state index contributed by atoms with van der Waals surface area (Å²) >= 11 is 2.44. The number of fused-ring (bicyclic) bond motifs is 8. The molecule has 4 heterocycles. The number of aromatic nitrogens is 4. The van der Waals surface area contributed by atoms with Gasteiger partial charge in [-0.2, -0.15) is 0 Å². The second-order valence-electron chi connectivity index (χ2n) is 21.4. The van der Waals surface area contributed by atoms with Gasteiger partial charge in [0.15, 0.2) is 0 Å². The summed E-state index contributed by atoms with van der Waals surface area (Å²) in [6.07, 6.45) is 7.21. The molecular formula is C78H56BIN4O2. The van der Waals surface area contributed by atoms with E-state index >= 15 is 0 Å². The monoisotopic (exact) mass is 1220 g/mol. The van der Waals surface area contributed by atoms with Crippen molar-refractivity contribution in [2.75, 3.05) is 0 Å². The van der Waals surface area contributed by atoms with Gasteiger partial charge in [-0.25, -0.2) is 0 Å². The third-order valence-electron chi connectivity index (χ3n) is 16.2. The molecule has 0 unspecified atom stereocenters. The standard InChI is InChI=1S/C39H26N2.C28H18IN.C11H10BNO2.H2/c1-2-12-37-35(9-1)36-24-31(21-22-38(36)41-37)26-13-17-28(18-14-26)33-10-3-6-30-7-4-11-34(39(30)33)29-19-15-27(16-20-29)32-8-5-23-40-25-32;29-25-9-4-6-20-5-3-8-22(28(20)25)19-13-11-18(12-14-19)21-15-16-27-24(17-21)23-7-1-2-10-26(23)30-27;14-12(15)11-5-3-9(4-6-11)10-2-1-7-13-8-10;/h1-25,41H;1-17,30H;1-8,14-15H;1H/i;;;1+1. The fourth-order valence-electron chi connectivity index (χ4n) is 11.9. The number of benzene rings is 12. The Morgan fingerprint density at radius 3 is 1.09 bits per heavy atom. The molecule has 0 amide bonds. The summed E-state index contributed by atoms with van der Waals surface area (Å²) in [4.78, 5) is 15.3. The number of para-hydroxylation sites is 2. The van der Waals surface area contributed by atoms with Gasteiger partial charge in [-0.1, -0.05) is 224 Å². The molecule has 0 aliphatic rings. The summed E-state index contributed by atoms with van der Waals surface area (Å²) in [5, 5.41) is 28.1. The van der Waals surface area contributed by atoms with Gasteiger partial charge >= 0.3 is 7.12 Å². The maximum absolute atomic E-state index is 8.93. The molecule has 0 fully saturated rings. The Kier molecular flexibility index (Phi) is 14.9. The molecule has 8 heteroatoms. The van der Waals surface area contributed by atoms with Crippen molar-refractivity contribution in [2.45, 2.75) is 0 Å². The maximum Gasteiger partial charge on any atom is 0.488 e.